The fourth-order valence-corrected chi connectivity index (χ4v) is 2.04. The molecule has 3 N–H and O–H groups in total. The number of amides is 1. The monoisotopic (exact) mass is 291 g/mol. The number of hydrogen-bond donors (Lipinski definition) is 2. The normalized spacial score (nSPS) is 10.5. The number of aliphatic hydroxyl groups is 1. The van der Waals surface area contributed by atoms with Crippen LogP contribution >= 0.6 is 0 Å². The Morgan fingerprint density at radius 1 is 1.43 bits per heavy atom. The molecular weight excluding hydrogens is 274 g/mol. The highest BCUT2D eigenvalue weighted by Crippen LogP contribution is 2.34. The minimum Gasteiger partial charge on any atom is -0.493 e. The maximum atomic E-state index is 11.5. The van der Waals surface area contributed by atoms with Crippen LogP contribution in [0.5, 0.6) is 17.4 Å². The molecule has 0 bridgehead atoms. The van der Waals surface area contributed by atoms with Crippen molar-refractivity contribution in [3.63, 3.8) is 0 Å². The molecule has 21 heavy (non-hydrogen) atoms. The van der Waals surface area contributed by atoms with Crippen molar-refractivity contribution in [1.82, 2.24) is 9.78 Å². The van der Waals surface area contributed by atoms with Gasteiger partial charge in [-0.15, -0.1) is 0 Å². The van der Waals surface area contributed by atoms with E-state index in [1.807, 2.05) is 0 Å². The first-order chi connectivity index (χ1) is 9.97. The molecule has 2 rings (SSSR count). The predicted octanol–water partition coefficient (Wildman–Crippen LogP) is 1.12. The Labute approximate surface area is 121 Å². The molecule has 0 saturated carbocycles. The lowest BCUT2D eigenvalue weighted by Crippen LogP contribution is -2.13. The van der Waals surface area contributed by atoms with Crippen LogP contribution in [0.2, 0.25) is 0 Å². The number of methoxy groups -OCH3 is 1. The Bertz CT molecular complexity index is 679. The summed E-state index contributed by atoms with van der Waals surface area (Å²) in [5.74, 6) is 0.479. The third-order valence-corrected chi connectivity index (χ3v) is 3.03. The highest BCUT2D eigenvalue weighted by atomic mass is 16.5. The van der Waals surface area contributed by atoms with Crippen LogP contribution in [0.15, 0.2) is 18.2 Å². The summed E-state index contributed by atoms with van der Waals surface area (Å²) in [4.78, 5) is 11.5. The lowest BCUT2D eigenvalue weighted by Gasteiger charge is -2.12. The number of primary amides is 1. The van der Waals surface area contributed by atoms with Gasteiger partial charge in [-0.2, -0.15) is 5.10 Å². The van der Waals surface area contributed by atoms with Crippen molar-refractivity contribution >= 4 is 5.91 Å². The molecule has 0 aliphatic heterocycles. The number of ether oxygens (including phenoxy) is 2. The largest absolute Gasteiger partial charge is 0.493 e. The number of nitrogens with two attached hydrogens (primary N) is 1. The maximum absolute atomic E-state index is 11.5. The number of nitrogens with zero attached hydrogens (tertiary/aromatic N) is 2. The van der Waals surface area contributed by atoms with Crippen molar-refractivity contribution in [2.24, 2.45) is 12.8 Å². The van der Waals surface area contributed by atoms with E-state index in [1.165, 1.54) is 11.8 Å². The zero-order valence-electron chi connectivity index (χ0n) is 12.1. The smallest absolute Gasteiger partial charge is 0.256 e. The van der Waals surface area contributed by atoms with Gasteiger partial charge >= 0.3 is 0 Å². The topological polar surface area (TPSA) is 99.6 Å². The Hall–Kier alpha value is -2.54. The van der Waals surface area contributed by atoms with Crippen molar-refractivity contribution in [2.45, 2.75) is 13.5 Å². The molecule has 112 valence electrons. The molecule has 1 amide bonds. The van der Waals surface area contributed by atoms with Crippen molar-refractivity contribution < 1.29 is 19.4 Å². The van der Waals surface area contributed by atoms with Gasteiger partial charge in [0, 0.05) is 7.05 Å². The molecule has 1 aromatic heterocycles. The fourth-order valence-electron chi connectivity index (χ4n) is 2.04. The Morgan fingerprint density at radius 3 is 2.71 bits per heavy atom. The van der Waals surface area contributed by atoms with Gasteiger partial charge < -0.3 is 20.3 Å². The zero-order chi connectivity index (χ0) is 15.6. The lowest BCUT2D eigenvalue weighted by atomic mass is 10.2. The molecule has 2 aromatic rings. The van der Waals surface area contributed by atoms with Crippen LogP contribution in [0, 0.1) is 6.92 Å². The first kappa shape index (κ1) is 14.9. The molecule has 1 heterocycles. The summed E-state index contributed by atoms with van der Waals surface area (Å²) in [6.45, 7) is 1.58. The van der Waals surface area contributed by atoms with Gasteiger partial charge in [0.2, 0.25) is 5.88 Å². The van der Waals surface area contributed by atoms with Crippen LogP contribution in [-0.4, -0.2) is 27.9 Å². The summed E-state index contributed by atoms with van der Waals surface area (Å²) >= 11 is 0. The van der Waals surface area contributed by atoms with Gasteiger partial charge in [-0.3, -0.25) is 4.79 Å². The van der Waals surface area contributed by atoms with E-state index in [4.69, 9.17) is 20.3 Å². The van der Waals surface area contributed by atoms with E-state index in [9.17, 15) is 4.79 Å². The number of aromatic nitrogens is 2. The third kappa shape index (κ3) is 2.82. The molecule has 0 spiro atoms. The summed E-state index contributed by atoms with van der Waals surface area (Å²) in [6.07, 6.45) is 0. The van der Waals surface area contributed by atoms with Crippen LogP contribution in [0.4, 0.5) is 0 Å². The zero-order valence-corrected chi connectivity index (χ0v) is 12.1. The molecule has 0 radical (unpaired) electrons. The standard InChI is InChI=1S/C14H17N3O4/c1-8-12(13(15)19)14(17(2)16-8)21-10-5-4-9(7-18)6-11(10)20-3/h4-6,18H,7H2,1-3H3,(H2,15,19). The first-order valence-electron chi connectivity index (χ1n) is 6.27. The van der Waals surface area contributed by atoms with Crippen molar-refractivity contribution in [2.75, 3.05) is 7.11 Å². The van der Waals surface area contributed by atoms with E-state index >= 15 is 0 Å². The molecule has 0 saturated heterocycles. The fraction of sp³-hybridized carbons (Fsp3) is 0.286. The van der Waals surface area contributed by atoms with Crippen LogP contribution < -0.4 is 15.2 Å². The van der Waals surface area contributed by atoms with E-state index in [0.717, 1.165) is 0 Å². The molecule has 0 fully saturated rings. The van der Waals surface area contributed by atoms with Gasteiger partial charge in [0.25, 0.3) is 5.91 Å². The van der Waals surface area contributed by atoms with Gasteiger partial charge in [0.1, 0.15) is 5.56 Å². The average molecular weight is 291 g/mol. The van der Waals surface area contributed by atoms with Crippen LogP contribution in [0.25, 0.3) is 0 Å². The number of aryl methyl sites for hydroxylation is 2. The van der Waals surface area contributed by atoms with Gasteiger partial charge in [-0.25, -0.2) is 4.68 Å². The van der Waals surface area contributed by atoms with E-state index < -0.39 is 5.91 Å². The molecule has 7 heteroatoms. The maximum Gasteiger partial charge on any atom is 0.256 e. The second kappa shape index (κ2) is 5.84. The number of rotatable bonds is 5. The van der Waals surface area contributed by atoms with Crippen LogP contribution in [-0.2, 0) is 13.7 Å². The highest BCUT2D eigenvalue weighted by molar-refractivity contribution is 5.96. The summed E-state index contributed by atoms with van der Waals surface area (Å²) in [5.41, 5.74) is 6.77. The third-order valence-electron chi connectivity index (χ3n) is 3.03. The predicted molar refractivity (Wildman–Crippen MR) is 75.5 cm³/mol. The van der Waals surface area contributed by atoms with Crippen molar-refractivity contribution in [1.29, 1.82) is 0 Å². The van der Waals surface area contributed by atoms with Crippen LogP contribution in [0.1, 0.15) is 21.6 Å². The van der Waals surface area contributed by atoms with Gasteiger partial charge in [-0.05, 0) is 24.6 Å². The summed E-state index contributed by atoms with van der Waals surface area (Å²) in [5, 5.41) is 13.3. The number of carbonyl (C=O) groups is 1. The number of carbonyl (C=O) groups excluding carboxylic acids is 1. The second-order valence-corrected chi connectivity index (χ2v) is 4.50. The second-order valence-electron chi connectivity index (χ2n) is 4.50. The van der Waals surface area contributed by atoms with E-state index in [-0.39, 0.29) is 18.1 Å². The Kier molecular flexibility index (Phi) is 4.13. The lowest BCUT2D eigenvalue weighted by molar-refractivity contribution is 0.0997. The number of benzene rings is 1. The Morgan fingerprint density at radius 2 is 2.14 bits per heavy atom. The molecular formula is C14H17N3O4. The van der Waals surface area contributed by atoms with E-state index in [0.29, 0.717) is 22.8 Å². The van der Waals surface area contributed by atoms with Gasteiger partial charge in [-0.1, -0.05) is 6.07 Å². The van der Waals surface area contributed by atoms with Crippen molar-refractivity contribution in [3.05, 3.63) is 35.0 Å². The van der Waals surface area contributed by atoms with Crippen LogP contribution in [0.3, 0.4) is 0 Å². The summed E-state index contributed by atoms with van der Waals surface area (Å²) in [6, 6.07) is 5.00. The molecule has 1 aromatic carbocycles. The van der Waals surface area contributed by atoms with E-state index in [1.54, 1.807) is 32.2 Å². The van der Waals surface area contributed by atoms with Crippen molar-refractivity contribution in [3.8, 4) is 17.4 Å². The average Bonchev–Trinajstić information content (AvgIpc) is 2.73. The molecule has 0 aliphatic carbocycles. The molecule has 0 unspecified atom stereocenters. The molecule has 0 atom stereocenters. The quantitative estimate of drug-likeness (QED) is 0.860. The molecule has 0 aliphatic rings. The van der Waals surface area contributed by atoms with E-state index in [2.05, 4.69) is 5.10 Å². The van der Waals surface area contributed by atoms with Gasteiger partial charge in [0.05, 0.1) is 19.4 Å². The number of hydrogen-bond acceptors (Lipinski definition) is 5. The molecule has 7 nitrogen and oxygen atoms in total. The highest BCUT2D eigenvalue weighted by Gasteiger charge is 2.21. The Balaban J connectivity index is 2.45. The first-order valence-corrected chi connectivity index (χ1v) is 6.27. The minimum atomic E-state index is -0.610. The summed E-state index contributed by atoms with van der Waals surface area (Å²) in [7, 11) is 3.15. The minimum absolute atomic E-state index is 0.103. The number of aliphatic hydroxyl groups excluding tert-OH is 1. The SMILES string of the molecule is COc1cc(CO)ccc1Oc1c(C(N)=O)c(C)nn1C. The van der Waals surface area contributed by atoms with Gasteiger partial charge in [0.15, 0.2) is 11.5 Å². The summed E-state index contributed by atoms with van der Waals surface area (Å²) < 4.78 is 12.4.